The van der Waals surface area contributed by atoms with E-state index >= 15 is 0 Å². The van der Waals surface area contributed by atoms with Crippen LogP contribution in [0, 0.1) is 12.3 Å². The number of aromatic nitrogens is 4. The Balaban J connectivity index is 1.18. The number of piperidine rings is 2. The second-order valence-corrected chi connectivity index (χ2v) is 14.5. The van der Waals surface area contributed by atoms with Crippen LogP contribution < -0.4 is 14.5 Å². The highest BCUT2D eigenvalue weighted by Gasteiger charge is 2.45. The van der Waals surface area contributed by atoms with Gasteiger partial charge in [-0.15, -0.1) is 10.2 Å². The number of benzene rings is 1. The number of halogens is 2. The van der Waals surface area contributed by atoms with Crippen LogP contribution in [-0.2, 0) is 10.0 Å². The summed E-state index contributed by atoms with van der Waals surface area (Å²) in [5.41, 5.74) is 2.20. The second kappa shape index (κ2) is 10.1. The Morgan fingerprint density at radius 3 is 2.26 bits per heavy atom. The first-order valence-corrected chi connectivity index (χ1v) is 16.5. The molecule has 2 aliphatic heterocycles. The Labute approximate surface area is 248 Å². The molecule has 7 rings (SSSR count). The minimum absolute atomic E-state index is 0.154. The first-order valence-electron chi connectivity index (χ1n) is 14.8. The number of aryl methyl sites for hydroxylation is 1. The van der Waals surface area contributed by atoms with Crippen LogP contribution in [0.25, 0.3) is 23.0 Å². The average molecular weight is 616 g/mol. The fraction of sp³-hybridized carbons (Fsp3) is 0.586. The quantitative estimate of drug-likeness (QED) is 0.375. The van der Waals surface area contributed by atoms with Gasteiger partial charge in [0.1, 0.15) is 5.69 Å². The third kappa shape index (κ3) is 6.17. The first-order chi connectivity index (χ1) is 20.4. The number of hydrogen-bond acceptors (Lipinski definition) is 10. The standard InChI is InChI=1S/C29H35F2N7O4S/c1-19-16-22(33-26(32-19)38-14-10-29(30,31)11-15-38)25-35-34-24(42-25)21-3-2-20(36-43(40,41)18-28(39)6-7-28)17-23(21)37-12-8-27(4-5-27)9-13-37/h2-3,16-17,36,39H,4-15,18H2,1H3. The van der Waals surface area contributed by atoms with E-state index < -0.39 is 21.5 Å². The third-order valence-electron chi connectivity index (χ3n) is 9.17. The van der Waals surface area contributed by atoms with Gasteiger partial charge in [-0.3, -0.25) is 4.72 Å². The lowest BCUT2D eigenvalue weighted by atomic mass is 9.93. The van der Waals surface area contributed by atoms with Crippen molar-refractivity contribution in [3.8, 4) is 23.0 Å². The molecule has 2 aliphatic carbocycles. The zero-order valence-corrected chi connectivity index (χ0v) is 24.8. The van der Waals surface area contributed by atoms with Crippen molar-refractivity contribution in [1.29, 1.82) is 0 Å². The molecule has 0 unspecified atom stereocenters. The minimum Gasteiger partial charge on any atom is -0.415 e. The van der Waals surface area contributed by atoms with Gasteiger partial charge in [0, 0.05) is 44.7 Å². The molecule has 1 spiro atoms. The monoisotopic (exact) mass is 615 g/mol. The molecule has 43 heavy (non-hydrogen) atoms. The van der Waals surface area contributed by atoms with Crippen molar-refractivity contribution in [2.45, 2.75) is 69.8 Å². The predicted octanol–water partition coefficient (Wildman–Crippen LogP) is 4.38. The fourth-order valence-corrected chi connectivity index (χ4v) is 7.62. The topological polar surface area (TPSA) is 138 Å². The van der Waals surface area contributed by atoms with Crippen molar-refractivity contribution in [2.24, 2.45) is 5.41 Å². The minimum atomic E-state index is -3.75. The fourth-order valence-electron chi connectivity index (χ4n) is 6.07. The van der Waals surface area contributed by atoms with E-state index in [0.717, 1.165) is 31.6 Å². The highest BCUT2D eigenvalue weighted by molar-refractivity contribution is 7.92. The summed E-state index contributed by atoms with van der Waals surface area (Å²) < 4.78 is 61.7. The molecule has 0 radical (unpaired) electrons. The van der Waals surface area contributed by atoms with Crippen LogP contribution in [-0.4, -0.2) is 77.1 Å². The molecule has 0 amide bonds. The lowest BCUT2D eigenvalue weighted by Crippen LogP contribution is -2.40. The number of sulfonamides is 1. The Morgan fingerprint density at radius 1 is 0.907 bits per heavy atom. The summed E-state index contributed by atoms with van der Waals surface area (Å²) in [6.45, 7) is 3.76. The van der Waals surface area contributed by atoms with Crippen LogP contribution in [0.3, 0.4) is 0 Å². The Morgan fingerprint density at radius 2 is 1.58 bits per heavy atom. The summed E-state index contributed by atoms with van der Waals surface area (Å²) in [6.07, 6.45) is 5.09. The second-order valence-electron chi connectivity index (χ2n) is 12.8. The Bertz CT molecular complexity index is 1640. The molecule has 1 aromatic carbocycles. The molecule has 2 saturated heterocycles. The summed E-state index contributed by atoms with van der Waals surface area (Å²) in [4.78, 5) is 13.0. The number of nitrogens with zero attached hydrogens (tertiary/aromatic N) is 6. The molecule has 230 valence electrons. The maximum absolute atomic E-state index is 13.7. The summed E-state index contributed by atoms with van der Waals surface area (Å²) in [5, 5.41) is 18.8. The van der Waals surface area contributed by atoms with Gasteiger partial charge in [-0.25, -0.2) is 27.2 Å². The van der Waals surface area contributed by atoms with Crippen LogP contribution in [0.1, 0.15) is 57.1 Å². The smallest absolute Gasteiger partial charge is 0.266 e. The van der Waals surface area contributed by atoms with Crippen LogP contribution in [0.5, 0.6) is 0 Å². The molecule has 4 heterocycles. The van der Waals surface area contributed by atoms with Gasteiger partial charge >= 0.3 is 0 Å². The van der Waals surface area contributed by atoms with Gasteiger partial charge in [-0.05, 0) is 75.1 Å². The van der Waals surface area contributed by atoms with Crippen molar-refractivity contribution < 1.29 is 26.7 Å². The van der Waals surface area contributed by atoms with Gasteiger partial charge in [0.15, 0.2) is 0 Å². The molecular formula is C29H35F2N7O4S. The lowest BCUT2D eigenvalue weighted by molar-refractivity contribution is -0.0222. The van der Waals surface area contributed by atoms with Gasteiger partial charge in [0.2, 0.25) is 21.9 Å². The highest BCUT2D eigenvalue weighted by Crippen LogP contribution is 2.54. The molecule has 4 aliphatic rings. The molecule has 2 aromatic heterocycles. The zero-order chi connectivity index (χ0) is 30.0. The van der Waals surface area contributed by atoms with Gasteiger partial charge in [-0.2, -0.15) is 0 Å². The summed E-state index contributed by atoms with van der Waals surface area (Å²) in [7, 11) is -3.75. The van der Waals surface area contributed by atoms with E-state index in [1.165, 1.54) is 12.8 Å². The van der Waals surface area contributed by atoms with Crippen LogP contribution in [0.4, 0.5) is 26.1 Å². The van der Waals surface area contributed by atoms with Gasteiger partial charge < -0.3 is 19.3 Å². The number of hydrogen-bond donors (Lipinski definition) is 2. The largest absolute Gasteiger partial charge is 0.415 e. The molecule has 0 bridgehead atoms. The third-order valence-corrected chi connectivity index (χ3v) is 10.6. The van der Waals surface area contributed by atoms with Crippen LogP contribution >= 0.6 is 0 Å². The Hall–Kier alpha value is -3.39. The zero-order valence-electron chi connectivity index (χ0n) is 24.0. The molecule has 2 N–H and O–H groups in total. The first kappa shape index (κ1) is 28.4. The van der Waals surface area contributed by atoms with E-state index in [2.05, 4.69) is 29.8 Å². The molecule has 2 saturated carbocycles. The van der Waals surface area contributed by atoms with Crippen molar-refractivity contribution in [3.63, 3.8) is 0 Å². The summed E-state index contributed by atoms with van der Waals surface area (Å²) >= 11 is 0. The van der Waals surface area contributed by atoms with E-state index in [1.807, 2.05) is 0 Å². The van der Waals surface area contributed by atoms with Crippen molar-refractivity contribution >= 4 is 27.3 Å². The van der Waals surface area contributed by atoms with Crippen LogP contribution in [0.15, 0.2) is 28.7 Å². The van der Waals surface area contributed by atoms with E-state index in [9.17, 15) is 22.3 Å². The molecular weight excluding hydrogens is 580 g/mol. The molecule has 14 heteroatoms. The summed E-state index contributed by atoms with van der Waals surface area (Å²) in [6, 6.07) is 6.92. The molecule has 3 aromatic rings. The predicted molar refractivity (Wildman–Crippen MR) is 157 cm³/mol. The number of anilines is 3. The normalized spacial score (nSPS) is 22.0. The van der Waals surface area contributed by atoms with E-state index in [0.29, 0.717) is 46.8 Å². The maximum Gasteiger partial charge on any atom is 0.266 e. The molecule has 0 atom stereocenters. The molecule has 4 fully saturated rings. The SMILES string of the molecule is Cc1cc(-c2nnc(-c3ccc(NS(=O)(=O)CC4(O)CC4)cc3N3CCC4(CC3)CC4)o2)nc(N2CCC(F)(F)CC2)n1. The van der Waals surface area contributed by atoms with E-state index in [1.54, 1.807) is 36.1 Å². The number of aliphatic hydroxyl groups is 1. The van der Waals surface area contributed by atoms with E-state index in [-0.39, 0.29) is 43.5 Å². The van der Waals surface area contributed by atoms with Crippen molar-refractivity contribution in [3.05, 3.63) is 30.0 Å². The number of rotatable bonds is 8. The van der Waals surface area contributed by atoms with Crippen LogP contribution in [0.2, 0.25) is 0 Å². The summed E-state index contributed by atoms with van der Waals surface area (Å²) in [5.74, 6) is -2.23. The van der Waals surface area contributed by atoms with E-state index in [4.69, 9.17) is 4.42 Å². The average Bonchev–Trinajstić information content (AvgIpc) is 3.82. The highest BCUT2D eigenvalue weighted by atomic mass is 32.2. The van der Waals surface area contributed by atoms with Gasteiger partial charge in [-0.1, -0.05) is 0 Å². The number of alkyl halides is 2. The van der Waals surface area contributed by atoms with Gasteiger partial charge in [0.05, 0.1) is 28.3 Å². The lowest BCUT2D eigenvalue weighted by Gasteiger charge is -2.35. The van der Waals surface area contributed by atoms with Crippen molar-refractivity contribution in [2.75, 3.05) is 46.5 Å². The Kier molecular flexibility index (Phi) is 6.65. The molecule has 11 nitrogen and oxygen atoms in total. The maximum atomic E-state index is 13.7. The van der Waals surface area contributed by atoms with Gasteiger partial charge in [0.25, 0.3) is 11.8 Å². The van der Waals surface area contributed by atoms with Crippen molar-refractivity contribution in [1.82, 2.24) is 20.2 Å². The number of nitrogens with one attached hydrogen (secondary N) is 1.